The number of hydrogen-bond acceptors (Lipinski definition) is 9. The molecule has 1 unspecified atom stereocenters. The van der Waals surface area contributed by atoms with E-state index in [0.29, 0.717) is 59.1 Å². The van der Waals surface area contributed by atoms with Gasteiger partial charge in [-0.1, -0.05) is 62.2 Å². The maximum absolute atomic E-state index is 16.3. The second-order valence-corrected chi connectivity index (χ2v) is 21.7. The summed E-state index contributed by atoms with van der Waals surface area (Å²) in [6.45, 7) is 8.92. The average Bonchev–Trinajstić information content (AvgIpc) is 3.94. The molecule has 13 nitrogen and oxygen atoms in total. The highest BCUT2D eigenvalue weighted by molar-refractivity contribution is 6.31. The molecule has 4 aromatic rings. The molecule has 68 heavy (non-hydrogen) atoms. The second kappa shape index (κ2) is 17.4. The van der Waals surface area contributed by atoms with Gasteiger partial charge < -0.3 is 35.8 Å². The Hall–Kier alpha value is -5.70. The van der Waals surface area contributed by atoms with Crippen LogP contribution in [0.4, 0.5) is 21.5 Å². The van der Waals surface area contributed by atoms with E-state index < -0.39 is 35.1 Å². The van der Waals surface area contributed by atoms with E-state index in [1.54, 1.807) is 35.2 Å². The Morgan fingerprint density at radius 1 is 0.971 bits per heavy atom. The normalized spacial score (nSPS) is 25.2. The first-order valence-electron chi connectivity index (χ1n) is 23.5. The predicted molar refractivity (Wildman–Crippen MR) is 259 cm³/mol. The van der Waals surface area contributed by atoms with Gasteiger partial charge >= 0.3 is 0 Å². The van der Waals surface area contributed by atoms with Crippen LogP contribution in [0.5, 0.6) is 5.75 Å². The van der Waals surface area contributed by atoms with Crippen molar-refractivity contribution in [1.82, 2.24) is 20.9 Å². The van der Waals surface area contributed by atoms with Crippen LogP contribution in [-0.4, -0.2) is 85.3 Å². The fourth-order valence-corrected chi connectivity index (χ4v) is 12.5. The summed E-state index contributed by atoms with van der Waals surface area (Å²) in [5.74, 6) is -2.44. The maximum atomic E-state index is 16.3. The summed E-state index contributed by atoms with van der Waals surface area (Å²) >= 11 is 12.9. The van der Waals surface area contributed by atoms with Crippen LogP contribution < -0.4 is 36.2 Å². The lowest BCUT2D eigenvalue weighted by Crippen LogP contribution is -2.55. The number of ether oxygens (including phenoxy) is 1. The molecule has 2 spiro atoms. The molecule has 0 radical (unpaired) electrons. The van der Waals surface area contributed by atoms with Gasteiger partial charge in [-0.3, -0.25) is 29.3 Å². The monoisotopic (exact) mass is 963 g/mol. The smallest absolute Gasteiger partial charge is 0.255 e. The zero-order valence-corrected chi connectivity index (χ0v) is 40.1. The fourth-order valence-electron chi connectivity index (χ4n) is 12.2. The summed E-state index contributed by atoms with van der Waals surface area (Å²) in [5.41, 5.74) is 4.67. The Morgan fingerprint density at radius 2 is 1.75 bits per heavy atom. The number of nitrogens with zero attached hydrogens (tertiary/aromatic N) is 2. The third-order valence-electron chi connectivity index (χ3n) is 15.5. The van der Waals surface area contributed by atoms with Crippen LogP contribution >= 0.6 is 23.2 Å². The lowest BCUT2D eigenvalue weighted by Gasteiger charge is -2.52. The fraction of sp³-hybridized carbons (Fsp3) is 0.442. The third kappa shape index (κ3) is 8.15. The summed E-state index contributed by atoms with van der Waals surface area (Å²) in [7, 11) is 1.49. The van der Waals surface area contributed by atoms with Crippen molar-refractivity contribution in [2.45, 2.75) is 108 Å². The molecule has 1 saturated carbocycles. The van der Waals surface area contributed by atoms with E-state index >= 15 is 4.39 Å². The van der Waals surface area contributed by atoms with Crippen LogP contribution in [0, 0.1) is 16.6 Å². The van der Waals surface area contributed by atoms with Crippen molar-refractivity contribution in [3.63, 3.8) is 0 Å². The number of hydrogen-bond donors (Lipinski definition) is 5. The van der Waals surface area contributed by atoms with Crippen LogP contribution in [0.25, 0.3) is 0 Å². The number of piperidine rings is 2. The first-order chi connectivity index (χ1) is 32.5. The average molecular weight is 965 g/mol. The zero-order valence-electron chi connectivity index (χ0n) is 38.6. The molecule has 5 aliphatic heterocycles. The van der Waals surface area contributed by atoms with Gasteiger partial charge in [0, 0.05) is 83.5 Å². The number of methoxy groups -OCH3 is 1. The molecule has 0 bridgehead atoms. The number of carbonyl (C=O) groups is 5. The summed E-state index contributed by atoms with van der Waals surface area (Å²) < 4.78 is 22.1. The zero-order chi connectivity index (χ0) is 47.9. The standard InChI is InChI=1S/C52H56Cl2FN7O6/c1-50(2,3)25-41-52(27-56-38-22-30(53)9-12-35(38)52)43(34-6-5-7-36(54)44(34)55)45(59-41)48(66)58-37-13-8-28(21-40(37)68-4)46(64)57-31-23-51(24-31)16-18-61(19-17-51)32-10-11-33-29(20-32)26-62(49(33)67)39-14-15-42(63)60-47(39)65/h5-13,20-22,31,39,41,43,45,56,59H,14-19,23-27H2,1-4H3,(H,57,64)(H,58,66)(H,60,63,65)/t39?,41-,43-,45+,52-/m0/s1. The van der Waals surface area contributed by atoms with Crippen LogP contribution in [-0.2, 0) is 26.3 Å². The molecule has 5 amide bonds. The Balaban J connectivity index is 0.793. The maximum Gasteiger partial charge on any atom is 0.255 e. The number of anilines is 3. The number of halogens is 3. The van der Waals surface area contributed by atoms with Gasteiger partial charge in [-0.05, 0) is 121 Å². The molecule has 4 aromatic carbocycles. The number of benzene rings is 4. The van der Waals surface area contributed by atoms with Crippen molar-refractivity contribution < 1.29 is 33.1 Å². The summed E-state index contributed by atoms with van der Waals surface area (Å²) in [6, 6.07) is 19.7. The topological polar surface area (TPSA) is 161 Å². The van der Waals surface area contributed by atoms with Gasteiger partial charge in [0.1, 0.15) is 17.6 Å². The Kier molecular flexibility index (Phi) is 11.8. The predicted octanol–water partition coefficient (Wildman–Crippen LogP) is 7.94. The molecule has 356 valence electrons. The second-order valence-electron chi connectivity index (χ2n) is 20.9. The van der Waals surface area contributed by atoms with Crippen LogP contribution in [0.1, 0.15) is 109 Å². The van der Waals surface area contributed by atoms with Gasteiger partial charge in [0.25, 0.3) is 11.8 Å². The van der Waals surface area contributed by atoms with E-state index in [-0.39, 0.29) is 58.0 Å². The molecule has 5 N–H and O–H groups in total. The van der Waals surface area contributed by atoms with Crippen LogP contribution in [0.3, 0.4) is 0 Å². The minimum absolute atomic E-state index is 0.0144. The van der Waals surface area contributed by atoms with E-state index in [2.05, 4.69) is 58.3 Å². The van der Waals surface area contributed by atoms with Gasteiger partial charge in [-0.2, -0.15) is 0 Å². The minimum Gasteiger partial charge on any atom is -0.495 e. The van der Waals surface area contributed by atoms with Gasteiger partial charge in [-0.25, -0.2) is 4.39 Å². The number of amides is 5. The molecule has 16 heteroatoms. The Bertz CT molecular complexity index is 2750. The SMILES string of the molecule is COc1cc(C(=O)NC2CC3(CCN(c4ccc5c(c4)CN(C4CCC(=O)NC4=O)C5=O)CC3)C2)ccc1NC(=O)[C@@H]1N[C@@H](CC(C)(C)C)[C@@]2(CNc3cc(Cl)ccc32)[C@H]1c1cccc(Cl)c1F. The molecule has 6 aliphatic rings. The van der Waals surface area contributed by atoms with E-state index in [9.17, 15) is 24.0 Å². The molecule has 5 heterocycles. The van der Waals surface area contributed by atoms with Gasteiger partial charge in [0.2, 0.25) is 17.7 Å². The summed E-state index contributed by atoms with van der Waals surface area (Å²) in [4.78, 5) is 69.8. The molecular formula is C52H56Cl2FN7O6. The highest BCUT2D eigenvalue weighted by atomic mass is 35.5. The first kappa shape index (κ1) is 46.1. The lowest BCUT2D eigenvalue weighted by molar-refractivity contribution is -0.137. The number of carbonyl (C=O) groups excluding carboxylic acids is 5. The number of nitrogens with one attached hydrogen (secondary N) is 5. The van der Waals surface area contributed by atoms with Crippen molar-refractivity contribution in [2.75, 3.05) is 42.3 Å². The molecule has 3 saturated heterocycles. The van der Waals surface area contributed by atoms with Gasteiger partial charge in [-0.15, -0.1) is 0 Å². The highest BCUT2D eigenvalue weighted by Gasteiger charge is 2.62. The Labute approximate surface area is 405 Å². The lowest BCUT2D eigenvalue weighted by atomic mass is 9.60. The van der Waals surface area contributed by atoms with Crippen molar-refractivity contribution in [3.8, 4) is 5.75 Å². The number of rotatable bonds is 9. The molecule has 0 aromatic heterocycles. The van der Waals surface area contributed by atoms with E-state index in [1.165, 1.54) is 13.2 Å². The first-order valence-corrected chi connectivity index (χ1v) is 24.3. The number of imide groups is 1. The Morgan fingerprint density at radius 3 is 2.49 bits per heavy atom. The van der Waals surface area contributed by atoms with Crippen molar-refractivity contribution >= 4 is 69.8 Å². The van der Waals surface area contributed by atoms with Crippen molar-refractivity contribution in [1.29, 1.82) is 0 Å². The summed E-state index contributed by atoms with van der Waals surface area (Å²) in [5, 5.41) is 16.4. The number of fused-ring (bicyclic) bond motifs is 3. The van der Waals surface area contributed by atoms with Crippen molar-refractivity contribution in [2.24, 2.45) is 10.8 Å². The van der Waals surface area contributed by atoms with Crippen LogP contribution in [0.2, 0.25) is 10.0 Å². The van der Waals surface area contributed by atoms with Crippen molar-refractivity contribution in [3.05, 3.63) is 116 Å². The van der Waals surface area contributed by atoms with E-state index in [0.717, 1.165) is 61.3 Å². The highest BCUT2D eigenvalue weighted by Crippen LogP contribution is 2.57. The molecule has 10 rings (SSSR count). The molecular weight excluding hydrogens is 909 g/mol. The van der Waals surface area contributed by atoms with Gasteiger partial charge in [0.05, 0.1) is 23.9 Å². The van der Waals surface area contributed by atoms with E-state index in [1.807, 2.05) is 30.3 Å². The minimum atomic E-state index is -0.888. The van der Waals surface area contributed by atoms with Crippen LogP contribution in [0.15, 0.2) is 72.8 Å². The largest absolute Gasteiger partial charge is 0.495 e. The molecule has 5 atom stereocenters. The van der Waals surface area contributed by atoms with E-state index in [4.69, 9.17) is 27.9 Å². The molecule has 4 fully saturated rings. The third-order valence-corrected chi connectivity index (χ3v) is 16.0. The van der Waals surface area contributed by atoms with Gasteiger partial charge in [0.15, 0.2) is 0 Å². The molecule has 1 aliphatic carbocycles. The quantitative estimate of drug-likeness (QED) is 0.105. The summed E-state index contributed by atoms with van der Waals surface area (Å²) in [6.07, 6.45) is 4.90.